The van der Waals surface area contributed by atoms with E-state index in [4.69, 9.17) is 10.00 Å². The number of pyridine rings is 1. The highest BCUT2D eigenvalue weighted by Gasteiger charge is 2.51. The van der Waals surface area contributed by atoms with E-state index < -0.39 is 30.1 Å². The number of hydrazine groups is 1. The third-order valence-corrected chi connectivity index (χ3v) is 6.77. The number of amides is 2. The van der Waals surface area contributed by atoms with Crippen molar-refractivity contribution in [2.45, 2.75) is 24.7 Å². The van der Waals surface area contributed by atoms with Crippen molar-refractivity contribution in [3.63, 3.8) is 0 Å². The largest absolute Gasteiger partial charge is 0.402 e. The molecule has 0 radical (unpaired) electrons. The predicted molar refractivity (Wildman–Crippen MR) is 135 cm³/mol. The Hall–Kier alpha value is -3.73. The number of nitrogens with zero attached hydrogens (tertiary/aromatic N) is 4. The summed E-state index contributed by atoms with van der Waals surface area (Å²) in [7, 11) is 0. The summed E-state index contributed by atoms with van der Waals surface area (Å²) < 4.78 is 46.5. The predicted octanol–water partition coefficient (Wildman–Crippen LogP) is 1.52. The molecular weight excluding hydrogens is 515 g/mol. The van der Waals surface area contributed by atoms with Gasteiger partial charge < -0.3 is 19.9 Å². The van der Waals surface area contributed by atoms with Crippen molar-refractivity contribution in [3.05, 3.63) is 59.8 Å². The van der Waals surface area contributed by atoms with E-state index in [0.29, 0.717) is 37.3 Å². The van der Waals surface area contributed by atoms with Gasteiger partial charge in [-0.25, -0.2) is 10.4 Å². The van der Waals surface area contributed by atoms with Gasteiger partial charge >= 0.3 is 6.18 Å². The molecule has 2 amide bonds. The number of anilines is 1. The van der Waals surface area contributed by atoms with Crippen molar-refractivity contribution < 1.29 is 27.5 Å². The standard InChI is InChI=1S/C26H30F3N7O3/c27-26(28,29)24-20(16-32-34-25(24)38)33-21(19-4-2-1-3-5-19)17-39-13-8-23(37)36-11-9-35(10-12-36)22-7-6-18(14-30)15-31-22/h1-7,15,20-21,24,32-33H,8-13,16-17H2,(H,34,38)/t20?,21-,24?/m1/s1. The van der Waals surface area contributed by atoms with Crippen LogP contribution in [0.15, 0.2) is 48.7 Å². The summed E-state index contributed by atoms with van der Waals surface area (Å²) in [5, 5.41) is 11.9. The Kier molecular flexibility index (Phi) is 9.34. The molecule has 0 bridgehead atoms. The van der Waals surface area contributed by atoms with Crippen LogP contribution in [0.25, 0.3) is 0 Å². The van der Waals surface area contributed by atoms with E-state index in [2.05, 4.69) is 21.2 Å². The van der Waals surface area contributed by atoms with Crippen LogP contribution in [0.5, 0.6) is 0 Å². The van der Waals surface area contributed by atoms with E-state index in [-0.39, 0.29) is 32.1 Å². The molecule has 2 aromatic rings. The van der Waals surface area contributed by atoms with Crippen LogP contribution in [0.3, 0.4) is 0 Å². The molecule has 1 aromatic heterocycles. The molecule has 0 aliphatic carbocycles. The summed E-state index contributed by atoms with van der Waals surface area (Å²) in [6, 6.07) is 12.6. The van der Waals surface area contributed by atoms with Crippen LogP contribution in [0.2, 0.25) is 0 Å². The fraction of sp³-hybridized carbons (Fsp3) is 0.462. The minimum Gasteiger partial charge on any atom is -0.379 e. The highest BCUT2D eigenvalue weighted by molar-refractivity contribution is 5.80. The van der Waals surface area contributed by atoms with Gasteiger partial charge in [-0.2, -0.15) is 18.4 Å². The maximum atomic E-state index is 13.6. The number of hydrogen-bond donors (Lipinski definition) is 3. The number of benzene rings is 1. The van der Waals surface area contributed by atoms with Crippen molar-refractivity contribution in [3.8, 4) is 6.07 Å². The van der Waals surface area contributed by atoms with Gasteiger partial charge in [-0.3, -0.25) is 15.0 Å². The van der Waals surface area contributed by atoms with Crippen LogP contribution in [0.1, 0.15) is 23.6 Å². The number of hydrogen-bond acceptors (Lipinski definition) is 8. The van der Waals surface area contributed by atoms with Gasteiger partial charge in [0.2, 0.25) is 11.8 Å². The van der Waals surface area contributed by atoms with E-state index in [0.717, 1.165) is 5.82 Å². The number of carbonyl (C=O) groups excluding carboxylic acids is 2. The lowest BCUT2D eigenvalue weighted by molar-refractivity contribution is -0.193. The zero-order valence-corrected chi connectivity index (χ0v) is 21.2. The lowest BCUT2D eigenvalue weighted by Crippen LogP contribution is -2.64. The SMILES string of the molecule is N#Cc1ccc(N2CCN(C(=O)CCOC[C@@H](NC3CNNC(=O)C3C(F)(F)F)c3ccccc3)CC2)nc1. The lowest BCUT2D eigenvalue weighted by Gasteiger charge is -2.36. The zero-order valence-electron chi connectivity index (χ0n) is 21.2. The maximum Gasteiger partial charge on any atom is 0.402 e. The van der Waals surface area contributed by atoms with E-state index >= 15 is 0 Å². The van der Waals surface area contributed by atoms with Crippen molar-refractivity contribution >= 4 is 17.6 Å². The first kappa shape index (κ1) is 28.3. The molecule has 2 saturated heterocycles. The molecule has 2 aliphatic heterocycles. The molecule has 1 aromatic carbocycles. The van der Waals surface area contributed by atoms with Gasteiger partial charge in [0, 0.05) is 45.0 Å². The van der Waals surface area contributed by atoms with E-state index in [1.807, 2.05) is 11.0 Å². The van der Waals surface area contributed by atoms with Crippen molar-refractivity contribution in [2.75, 3.05) is 50.8 Å². The van der Waals surface area contributed by atoms with Crippen LogP contribution >= 0.6 is 0 Å². The van der Waals surface area contributed by atoms with Crippen LogP contribution in [0.4, 0.5) is 19.0 Å². The Bertz CT molecular complexity index is 1150. The number of nitriles is 1. The molecule has 0 saturated carbocycles. The van der Waals surface area contributed by atoms with Gasteiger partial charge in [0.15, 0.2) is 5.92 Å². The number of aromatic nitrogens is 1. The first-order valence-electron chi connectivity index (χ1n) is 12.6. The van der Waals surface area contributed by atoms with Gasteiger partial charge in [0.1, 0.15) is 11.9 Å². The first-order chi connectivity index (χ1) is 18.8. The number of alkyl halides is 3. The third-order valence-electron chi connectivity index (χ3n) is 6.77. The van der Waals surface area contributed by atoms with Gasteiger partial charge in [-0.1, -0.05) is 30.3 Å². The Balaban J connectivity index is 1.27. The second-order valence-corrected chi connectivity index (χ2v) is 9.34. The Morgan fingerprint density at radius 1 is 1.18 bits per heavy atom. The topological polar surface area (TPSA) is 123 Å². The molecular formula is C26H30F3N7O3. The summed E-state index contributed by atoms with van der Waals surface area (Å²) >= 11 is 0. The highest BCUT2D eigenvalue weighted by Crippen LogP contribution is 2.31. The molecule has 10 nitrogen and oxygen atoms in total. The molecule has 2 fully saturated rings. The van der Waals surface area contributed by atoms with Gasteiger partial charge in [0.25, 0.3) is 0 Å². The smallest absolute Gasteiger partial charge is 0.379 e. The van der Waals surface area contributed by atoms with Crippen LogP contribution in [-0.2, 0) is 14.3 Å². The van der Waals surface area contributed by atoms with Crippen LogP contribution in [0, 0.1) is 17.2 Å². The average Bonchev–Trinajstić information content (AvgIpc) is 2.94. The Morgan fingerprint density at radius 2 is 1.92 bits per heavy atom. The molecule has 4 rings (SSSR count). The number of ether oxygens (including phenoxy) is 1. The third kappa shape index (κ3) is 7.44. The molecule has 3 heterocycles. The van der Waals surface area contributed by atoms with Gasteiger partial charge in [0.05, 0.1) is 31.2 Å². The quantitative estimate of drug-likeness (QED) is 0.406. The number of piperazine rings is 1. The normalized spacial score (nSPS) is 20.7. The van der Waals surface area contributed by atoms with Gasteiger partial charge in [-0.05, 0) is 17.7 Å². The monoisotopic (exact) mass is 545 g/mol. The van der Waals surface area contributed by atoms with Crippen LogP contribution in [-0.4, -0.2) is 79.9 Å². The van der Waals surface area contributed by atoms with Crippen molar-refractivity contribution in [1.29, 1.82) is 5.26 Å². The fourth-order valence-electron chi connectivity index (χ4n) is 4.69. The molecule has 3 atom stereocenters. The summed E-state index contributed by atoms with van der Waals surface area (Å²) in [6.07, 6.45) is -3.06. The summed E-state index contributed by atoms with van der Waals surface area (Å²) in [6.45, 7) is 2.27. The summed E-state index contributed by atoms with van der Waals surface area (Å²) in [5.41, 5.74) is 5.76. The zero-order chi connectivity index (χ0) is 27.8. The number of carbonyl (C=O) groups is 2. The molecule has 0 spiro atoms. The molecule has 39 heavy (non-hydrogen) atoms. The number of halogens is 3. The van der Waals surface area contributed by atoms with E-state index in [1.54, 1.807) is 47.4 Å². The average molecular weight is 546 g/mol. The van der Waals surface area contributed by atoms with Crippen molar-refractivity contribution in [1.82, 2.24) is 26.1 Å². The van der Waals surface area contributed by atoms with Gasteiger partial charge in [-0.15, -0.1) is 0 Å². The van der Waals surface area contributed by atoms with Crippen LogP contribution < -0.4 is 21.1 Å². The number of nitrogens with one attached hydrogen (secondary N) is 3. The second kappa shape index (κ2) is 12.9. The second-order valence-electron chi connectivity index (χ2n) is 9.34. The fourth-order valence-corrected chi connectivity index (χ4v) is 4.69. The number of rotatable bonds is 9. The Morgan fingerprint density at radius 3 is 2.56 bits per heavy atom. The van der Waals surface area contributed by atoms with E-state index in [9.17, 15) is 22.8 Å². The maximum absolute atomic E-state index is 13.6. The molecule has 3 N–H and O–H groups in total. The molecule has 208 valence electrons. The minimum absolute atomic E-state index is 0.0259. The molecule has 2 aliphatic rings. The Labute approximate surface area is 224 Å². The molecule has 13 heteroatoms. The first-order valence-corrected chi connectivity index (χ1v) is 12.6. The minimum atomic E-state index is -4.71. The molecule has 2 unspecified atom stereocenters. The lowest BCUT2D eigenvalue weighted by atomic mass is 9.94. The summed E-state index contributed by atoms with van der Waals surface area (Å²) in [4.78, 5) is 32.8. The highest BCUT2D eigenvalue weighted by atomic mass is 19.4. The van der Waals surface area contributed by atoms with Crippen molar-refractivity contribution in [2.24, 2.45) is 5.92 Å². The van der Waals surface area contributed by atoms with E-state index in [1.165, 1.54) is 6.20 Å². The summed E-state index contributed by atoms with van der Waals surface area (Å²) in [5.74, 6) is -2.66.